The van der Waals surface area contributed by atoms with Gasteiger partial charge in [0.2, 0.25) is 5.91 Å². The maximum atomic E-state index is 12.4. The summed E-state index contributed by atoms with van der Waals surface area (Å²) >= 11 is 0. The van der Waals surface area contributed by atoms with Crippen LogP contribution < -0.4 is 10.1 Å². The summed E-state index contributed by atoms with van der Waals surface area (Å²) in [7, 11) is 0. The topological polar surface area (TPSA) is 64.6 Å². The first-order valence-corrected chi connectivity index (χ1v) is 7.10. The fourth-order valence-corrected chi connectivity index (χ4v) is 2.97. The van der Waals surface area contributed by atoms with Crippen LogP contribution in [0.3, 0.4) is 0 Å². The van der Waals surface area contributed by atoms with Crippen molar-refractivity contribution in [2.45, 2.75) is 38.4 Å². The number of benzene rings is 1. The fraction of sp³-hybridized carbons (Fsp3) is 0.375. The first-order valence-electron chi connectivity index (χ1n) is 7.10. The van der Waals surface area contributed by atoms with Crippen LogP contribution in [-0.2, 0) is 14.3 Å². The summed E-state index contributed by atoms with van der Waals surface area (Å²) in [5.41, 5.74) is 0.436. The zero-order valence-electron chi connectivity index (χ0n) is 12.6. The van der Waals surface area contributed by atoms with Crippen LogP contribution in [0.25, 0.3) is 0 Å². The number of amides is 1. The minimum atomic E-state index is -2.94. The molecular weight excluding hydrogens is 308 g/mol. The number of cyclic esters (lactones) is 1. The molecule has 0 aliphatic carbocycles. The van der Waals surface area contributed by atoms with Crippen LogP contribution in [0.15, 0.2) is 35.5 Å². The zero-order valence-corrected chi connectivity index (χ0v) is 12.6. The number of esters is 1. The van der Waals surface area contributed by atoms with Crippen LogP contribution in [0.1, 0.15) is 31.7 Å². The Morgan fingerprint density at radius 2 is 2.09 bits per heavy atom. The molecule has 1 aromatic carbocycles. The lowest BCUT2D eigenvalue weighted by molar-refractivity contribution is -0.144. The SMILES string of the molecule is CC1(C)OC(=O)C2=C1NC(=O)CC2c1cccc(OC(F)F)c1. The molecule has 0 radical (unpaired) electrons. The molecule has 1 N–H and O–H groups in total. The van der Waals surface area contributed by atoms with Crippen molar-refractivity contribution in [1.82, 2.24) is 5.32 Å². The lowest BCUT2D eigenvalue weighted by Crippen LogP contribution is -2.38. The highest BCUT2D eigenvalue weighted by Crippen LogP contribution is 2.43. The van der Waals surface area contributed by atoms with Gasteiger partial charge in [-0.15, -0.1) is 0 Å². The number of carbonyl (C=O) groups excluding carboxylic acids is 2. The predicted molar refractivity (Wildman–Crippen MR) is 75.8 cm³/mol. The van der Waals surface area contributed by atoms with Gasteiger partial charge in [-0.3, -0.25) is 4.79 Å². The van der Waals surface area contributed by atoms with Gasteiger partial charge in [0.15, 0.2) is 0 Å². The Kier molecular flexibility index (Phi) is 3.58. The van der Waals surface area contributed by atoms with Crippen molar-refractivity contribution in [3.63, 3.8) is 0 Å². The van der Waals surface area contributed by atoms with E-state index < -0.39 is 24.1 Å². The summed E-state index contributed by atoms with van der Waals surface area (Å²) in [6.07, 6.45) is 0.0438. The normalized spacial score (nSPS) is 22.7. The summed E-state index contributed by atoms with van der Waals surface area (Å²) in [6, 6.07) is 6.03. The number of alkyl halides is 2. The Morgan fingerprint density at radius 1 is 1.35 bits per heavy atom. The molecule has 3 rings (SSSR count). The molecule has 1 unspecified atom stereocenters. The fourth-order valence-electron chi connectivity index (χ4n) is 2.97. The Balaban J connectivity index is 2.03. The lowest BCUT2D eigenvalue weighted by atomic mass is 9.83. The maximum absolute atomic E-state index is 12.4. The average Bonchev–Trinajstić information content (AvgIpc) is 2.67. The third-order valence-corrected chi connectivity index (χ3v) is 3.93. The molecule has 0 saturated heterocycles. The Bertz CT molecular complexity index is 712. The van der Waals surface area contributed by atoms with Crippen LogP contribution >= 0.6 is 0 Å². The quantitative estimate of drug-likeness (QED) is 0.868. The van der Waals surface area contributed by atoms with Gasteiger partial charge in [-0.1, -0.05) is 12.1 Å². The molecule has 0 spiro atoms. The van der Waals surface area contributed by atoms with Crippen molar-refractivity contribution in [3.05, 3.63) is 41.1 Å². The highest BCUT2D eigenvalue weighted by Gasteiger charge is 2.47. The first kappa shape index (κ1) is 15.5. The van der Waals surface area contributed by atoms with Crippen molar-refractivity contribution in [2.75, 3.05) is 0 Å². The van der Waals surface area contributed by atoms with Crippen molar-refractivity contribution in [1.29, 1.82) is 0 Å². The van der Waals surface area contributed by atoms with E-state index in [1.807, 2.05) is 0 Å². The van der Waals surface area contributed by atoms with E-state index in [1.54, 1.807) is 26.0 Å². The Labute approximate surface area is 131 Å². The van der Waals surface area contributed by atoms with Crippen LogP contribution in [0, 0.1) is 0 Å². The maximum Gasteiger partial charge on any atom is 0.387 e. The number of hydrogen-bond donors (Lipinski definition) is 1. The molecule has 0 saturated carbocycles. The molecular formula is C16H15F2NO4. The highest BCUT2D eigenvalue weighted by molar-refractivity contribution is 5.99. The second-order valence-corrected chi connectivity index (χ2v) is 5.94. The molecule has 1 aromatic rings. The molecule has 0 aromatic heterocycles. The lowest BCUT2D eigenvalue weighted by Gasteiger charge is -2.27. The third kappa shape index (κ3) is 2.78. The van der Waals surface area contributed by atoms with Crippen LogP contribution in [0.5, 0.6) is 5.75 Å². The number of hydrogen-bond acceptors (Lipinski definition) is 4. The summed E-state index contributed by atoms with van der Waals surface area (Å²) in [4.78, 5) is 24.2. The van der Waals surface area contributed by atoms with Gasteiger partial charge < -0.3 is 14.8 Å². The van der Waals surface area contributed by atoms with Crippen LogP contribution in [0.4, 0.5) is 8.78 Å². The van der Waals surface area contributed by atoms with E-state index in [0.29, 0.717) is 16.8 Å². The molecule has 0 fully saturated rings. The second kappa shape index (κ2) is 5.33. The third-order valence-electron chi connectivity index (χ3n) is 3.93. The summed E-state index contributed by atoms with van der Waals surface area (Å²) < 4.78 is 34.4. The van der Waals surface area contributed by atoms with Crippen molar-refractivity contribution in [2.24, 2.45) is 0 Å². The standard InChI is InChI=1S/C16H15F2NO4/c1-16(2)13-12(14(21)23-16)10(7-11(20)19-13)8-4-3-5-9(6-8)22-15(17)18/h3-6,10,15H,7H2,1-2H3,(H,19,20). The molecule has 7 heteroatoms. The summed E-state index contributed by atoms with van der Waals surface area (Å²) in [5.74, 6) is -1.32. The molecule has 2 aliphatic rings. The number of nitrogens with one attached hydrogen (secondary N) is 1. The Hall–Kier alpha value is -2.44. The average molecular weight is 323 g/mol. The molecule has 1 atom stereocenters. The van der Waals surface area contributed by atoms with Gasteiger partial charge in [-0.05, 0) is 31.5 Å². The zero-order chi connectivity index (χ0) is 16.8. The van der Waals surface area contributed by atoms with E-state index in [4.69, 9.17) is 4.74 Å². The monoisotopic (exact) mass is 323 g/mol. The van der Waals surface area contributed by atoms with Crippen molar-refractivity contribution in [3.8, 4) is 5.75 Å². The van der Waals surface area contributed by atoms with Gasteiger partial charge in [0.1, 0.15) is 11.4 Å². The minimum absolute atomic E-state index is 0.0174. The van der Waals surface area contributed by atoms with Crippen LogP contribution in [0.2, 0.25) is 0 Å². The smallest absolute Gasteiger partial charge is 0.387 e. The molecule has 0 bridgehead atoms. The van der Waals surface area contributed by atoms with Gasteiger partial charge >= 0.3 is 12.6 Å². The summed E-state index contributed by atoms with van der Waals surface area (Å²) in [5, 5.41) is 2.69. The minimum Gasteiger partial charge on any atom is -0.450 e. The van der Waals surface area contributed by atoms with Crippen LogP contribution in [-0.4, -0.2) is 24.1 Å². The number of carbonyl (C=O) groups is 2. The second-order valence-electron chi connectivity index (χ2n) is 5.94. The number of ether oxygens (including phenoxy) is 2. The van der Waals surface area contributed by atoms with Gasteiger partial charge in [0, 0.05) is 12.3 Å². The molecule has 2 heterocycles. The molecule has 2 aliphatic heterocycles. The summed E-state index contributed by atoms with van der Waals surface area (Å²) in [6.45, 7) is 0.434. The van der Waals surface area contributed by atoms with Gasteiger partial charge in [0.25, 0.3) is 0 Å². The largest absolute Gasteiger partial charge is 0.450 e. The first-order chi connectivity index (χ1) is 10.8. The van der Waals surface area contributed by atoms with Gasteiger partial charge in [-0.25, -0.2) is 4.79 Å². The molecule has 5 nitrogen and oxygen atoms in total. The number of halogens is 2. The van der Waals surface area contributed by atoms with Crippen molar-refractivity contribution < 1.29 is 27.8 Å². The molecule has 1 amide bonds. The predicted octanol–water partition coefficient (Wildman–Crippen LogP) is 2.48. The van der Waals surface area contributed by atoms with E-state index in [9.17, 15) is 18.4 Å². The van der Waals surface area contributed by atoms with Gasteiger partial charge in [0.05, 0.1) is 11.3 Å². The Morgan fingerprint density at radius 3 is 2.78 bits per heavy atom. The number of rotatable bonds is 3. The van der Waals surface area contributed by atoms with E-state index in [0.717, 1.165) is 0 Å². The van der Waals surface area contributed by atoms with Gasteiger partial charge in [-0.2, -0.15) is 8.78 Å². The van der Waals surface area contributed by atoms with E-state index in [1.165, 1.54) is 12.1 Å². The highest BCUT2D eigenvalue weighted by atomic mass is 19.3. The van der Waals surface area contributed by atoms with E-state index in [2.05, 4.69) is 10.1 Å². The van der Waals surface area contributed by atoms with E-state index in [-0.39, 0.29) is 18.1 Å². The van der Waals surface area contributed by atoms with Crippen molar-refractivity contribution >= 4 is 11.9 Å². The molecule has 23 heavy (non-hydrogen) atoms. The van der Waals surface area contributed by atoms with E-state index >= 15 is 0 Å². The molecule has 122 valence electrons.